The van der Waals surface area contributed by atoms with E-state index in [9.17, 15) is 4.79 Å². The molecule has 9 heteroatoms. The number of aromatic nitrogens is 3. The van der Waals surface area contributed by atoms with E-state index in [1.807, 2.05) is 36.5 Å². The molecule has 0 spiro atoms. The van der Waals surface area contributed by atoms with Gasteiger partial charge >= 0.3 is 6.09 Å². The summed E-state index contributed by atoms with van der Waals surface area (Å²) in [5, 5.41) is 16.4. The second-order valence-corrected chi connectivity index (χ2v) is 9.75. The highest BCUT2D eigenvalue weighted by atomic mass is 35.5. The number of H-pyrrole nitrogens is 1. The predicted molar refractivity (Wildman–Crippen MR) is 144 cm³/mol. The van der Waals surface area contributed by atoms with Gasteiger partial charge in [0.15, 0.2) is 0 Å². The molecule has 186 valence electrons. The maximum Gasteiger partial charge on any atom is 0.409 e. The zero-order valence-corrected chi connectivity index (χ0v) is 20.8. The first-order valence-corrected chi connectivity index (χ1v) is 12.5. The maximum atomic E-state index is 10.8. The number of carbonyl (C=O) groups is 1. The van der Waals surface area contributed by atoms with Gasteiger partial charge < -0.3 is 15.4 Å². The molecule has 1 aliphatic rings. The monoisotopic (exact) mass is 504 g/mol. The van der Waals surface area contributed by atoms with Crippen molar-refractivity contribution in [1.82, 2.24) is 19.9 Å². The third-order valence-electron chi connectivity index (χ3n) is 6.83. The van der Waals surface area contributed by atoms with Crippen LogP contribution in [0.2, 0.25) is 5.02 Å². The number of rotatable bonds is 7. The number of nitrogens with zero attached hydrogens (tertiary/aromatic N) is 3. The standard InChI is InChI=1S/C27H29ClN6O2/c1-34(16-17-9-11-18(12-10-17)32-27(35)36)20-6-4-5-19(13-20)31-26-30-15-23(28)25(33-26)22-14-29-24-8-3-2-7-21(22)24/h2-3,7-12,14-15,19-20,29,32H,4-6,13,16H2,1H3,(H,35,36)(H,30,31,33)/t19-,20+/m1/s1. The fraction of sp³-hybridized carbons (Fsp3) is 0.296. The van der Waals surface area contributed by atoms with Crippen LogP contribution in [0.5, 0.6) is 0 Å². The van der Waals surface area contributed by atoms with Crippen LogP contribution in [0, 0.1) is 0 Å². The SMILES string of the molecule is CN(Cc1ccc(NC(=O)O)cc1)[C@H]1CCC[C@@H](Nc2ncc(Cl)c(-c3c[nH]c4ccccc34)n2)C1. The zero-order valence-electron chi connectivity index (χ0n) is 20.0. The molecule has 2 aromatic carbocycles. The van der Waals surface area contributed by atoms with Gasteiger partial charge in [0, 0.05) is 47.0 Å². The lowest BCUT2D eigenvalue weighted by molar-refractivity contribution is 0.177. The Labute approximate surface area is 214 Å². The molecule has 0 aliphatic heterocycles. The summed E-state index contributed by atoms with van der Waals surface area (Å²) in [6.45, 7) is 0.799. The van der Waals surface area contributed by atoms with Crippen molar-refractivity contribution in [2.75, 3.05) is 17.7 Å². The number of fused-ring (bicyclic) bond motifs is 1. The molecule has 1 fully saturated rings. The van der Waals surface area contributed by atoms with Crippen LogP contribution in [0.25, 0.3) is 22.2 Å². The number of benzene rings is 2. The molecule has 2 heterocycles. The van der Waals surface area contributed by atoms with Gasteiger partial charge in [0.05, 0.1) is 16.9 Å². The molecule has 4 N–H and O–H groups in total. The minimum atomic E-state index is -1.06. The smallest absolute Gasteiger partial charge is 0.409 e. The van der Waals surface area contributed by atoms with Crippen molar-refractivity contribution in [1.29, 1.82) is 0 Å². The fourth-order valence-corrected chi connectivity index (χ4v) is 5.20. The largest absolute Gasteiger partial charge is 0.465 e. The van der Waals surface area contributed by atoms with Crippen molar-refractivity contribution in [3.63, 3.8) is 0 Å². The highest BCUT2D eigenvalue weighted by Crippen LogP contribution is 2.33. The highest BCUT2D eigenvalue weighted by Gasteiger charge is 2.26. The van der Waals surface area contributed by atoms with Gasteiger partial charge in [-0.05, 0) is 56.5 Å². The van der Waals surface area contributed by atoms with Crippen molar-refractivity contribution in [2.24, 2.45) is 0 Å². The van der Waals surface area contributed by atoms with Gasteiger partial charge in [-0.25, -0.2) is 14.8 Å². The van der Waals surface area contributed by atoms with Crippen molar-refractivity contribution in [3.05, 3.63) is 71.5 Å². The van der Waals surface area contributed by atoms with E-state index < -0.39 is 6.09 Å². The summed E-state index contributed by atoms with van der Waals surface area (Å²) in [5.41, 5.74) is 4.45. The van der Waals surface area contributed by atoms with Crippen LogP contribution < -0.4 is 10.6 Å². The molecule has 0 radical (unpaired) electrons. The van der Waals surface area contributed by atoms with Crippen LogP contribution in [0.3, 0.4) is 0 Å². The van der Waals surface area contributed by atoms with Gasteiger partial charge in [0.1, 0.15) is 0 Å². The van der Waals surface area contributed by atoms with Crippen LogP contribution in [0.15, 0.2) is 60.9 Å². The number of aromatic amines is 1. The molecule has 0 saturated heterocycles. The predicted octanol–water partition coefficient (Wildman–Crippen LogP) is 6.22. The van der Waals surface area contributed by atoms with Crippen molar-refractivity contribution >= 4 is 40.2 Å². The Morgan fingerprint density at radius 1 is 1.19 bits per heavy atom. The highest BCUT2D eigenvalue weighted by molar-refractivity contribution is 6.33. The molecular formula is C27H29ClN6O2. The number of hydrogen-bond acceptors (Lipinski definition) is 5. The molecule has 2 aromatic heterocycles. The number of anilines is 2. The zero-order chi connectivity index (χ0) is 25.1. The summed E-state index contributed by atoms with van der Waals surface area (Å²) in [7, 11) is 2.14. The first-order chi connectivity index (χ1) is 17.5. The Balaban J connectivity index is 1.24. The van der Waals surface area contributed by atoms with E-state index in [-0.39, 0.29) is 6.04 Å². The van der Waals surface area contributed by atoms with Crippen LogP contribution in [-0.4, -0.2) is 50.2 Å². The number of amides is 1. The second-order valence-electron chi connectivity index (χ2n) is 9.34. The maximum absolute atomic E-state index is 10.8. The lowest BCUT2D eigenvalue weighted by atomic mass is 9.90. The van der Waals surface area contributed by atoms with Gasteiger partial charge in [-0.2, -0.15) is 0 Å². The minimum absolute atomic E-state index is 0.269. The molecule has 0 bridgehead atoms. The van der Waals surface area contributed by atoms with Crippen molar-refractivity contribution < 1.29 is 9.90 Å². The van der Waals surface area contributed by atoms with Crippen molar-refractivity contribution in [3.8, 4) is 11.3 Å². The molecule has 1 saturated carbocycles. The van der Waals surface area contributed by atoms with E-state index in [4.69, 9.17) is 21.7 Å². The van der Waals surface area contributed by atoms with E-state index in [1.54, 1.807) is 18.3 Å². The summed E-state index contributed by atoms with van der Waals surface area (Å²) < 4.78 is 0. The first-order valence-electron chi connectivity index (χ1n) is 12.1. The Morgan fingerprint density at radius 3 is 2.81 bits per heavy atom. The van der Waals surface area contributed by atoms with E-state index in [1.165, 1.54) is 0 Å². The normalized spacial score (nSPS) is 17.9. The molecule has 36 heavy (non-hydrogen) atoms. The Bertz CT molecular complexity index is 1360. The molecule has 5 rings (SSSR count). The molecule has 1 aliphatic carbocycles. The van der Waals surface area contributed by atoms with E-state index in [0.717, 1.165) is 60.0 Å². The second kappa shape index (κ2) is 10.6. The number of para-hydroxylation sites is 1. The van der Waals surface area contributed by atoms with E-state index in [0.29, 0.717) is 22.7 Å². The number of hydrogen-bond donors (Lipinski definition) is 4. The summed E-state index contributed by atoms with van der Waals surface area (Å²) >= 11 is 6.50. The van der Waals surface area contributed by atoms with Gasteiger partial charge in [-0.15, -0.1) is 0 Å². The van der Waals surface area contributed by atoms with Gasteiger partial charge in [-0.1, -0.05) is 41.9 Å². The van der Waals surface area contributed by atoms with Crippen molar-refractivity contribution in [2.45, 2.75) is 44.3 Å². The Morgan fingerprint density at radius 2 is 2.00 bits per heavy atom. The van der Waals surface area contributed by atoms with Gasteiger partial charge in [-0.3, -0.25) is 10.2 Å². The molecule has 1 amide bonds. The number of halogens is 1. The minimum Gasteiger partial charge on any atom is -0.465 e. The molecule has 8 nitrogen and oxygen atoms in total. The third-order valence-corrected chi connectivity index (χ3v) is 7.11. The lowest BCUT2D eigenvalue weighted by Crippen LogP contribution is -2.40. The third kappa shape index (κ3) is 5.45. The van der Waals surface area contributed by atoms with Gasteiger partial charge in [0.2, 0.25) is 5.95 Å². The average Bonchev–Trinajstić information content (AvgIpc) is 3.30. The topological polar surface area (TPSA) is 106 Å². The van der Waals surface area contributed by atoms with Crippen LogP contribution in [-0.2, 0) is 6.54 Å². The molecule has 0 unspecified atom stereocenters. The number of nitrogens with one attached hydrogen (secondary N) is 3. The average molecular weight is 505 g/mol. The summed E-state index contributed by atoms with van der Waals surface area (Å²) in [4.78, 5) is 25.7. The Kier molecular flexibility index (Phi) is 7.06. The van der Waals surface area contributed by atoms with Crippen LogP contribution >= 0.6 is 11.6 Å². The van der Waals surface area contributed by atoms with Crippen LogP contribution in [0.1, 0.15) is 31.2 Å². The van der Waals surface area contributed by atoms with E-state index >= 15 is 0 Å². The summed E-state index contributed by atoms with van der Waals surface area (Å²) in [5.74, 6) is 0.592. The summed E-state index contributed by atoms with van der Waals surface area (Å²) in [6.07, 6.45) is 6.87. The van der Waals surface area contributed by atoms with Gasteiger partial charge in [0.25, 0.3) is 0 Å². The lowest BCUT2D eigenvalue weighted by Gasteiger charge is -2.35. The molecule has 2 atom stereocenters. The van der Waals surface area contributed by atoms with E-state index in [2.05, 4.69) is 38.6 Å². The number of carboxylic acid groups (broad SMARTS) is 1. The Hall–Kier alpha value is -3.62. The molecule has 4 aromatic rings. The van der Waals surface area contributed by atoms with Crippen LogP contribution in [0.4, 0.5) is 16.4 Å². The molecular weight excluding hydrogens is 476 g/mol. The first kappa shape index (κ1) is 24.1. The quantitative estimate of drug-likeness (QED) is 0.238. The summed E-state index contributed by atoms with van der Waals surface area (Å²) in [6, 6.07) is 16.3. The fourth-order valence-electron chi connectivity index (χ4n) is 5.01.